The fourth-order valence-corrected chi connectivity index (χ4v) is 3.53. The summed E-state index contributed by atoms with van der Waals surface area (Å²) in [5, 5.41) is 2.35. The Morgan fingerprint density at radius 1 is 1.20 bits per heavy atom. The predicted molar refractivity (Wildman–Crippen MR) is 90.1 cm³/mol. The second kappa shape index (κ2) is 9.75. The maximum absolute atomic E-state index is 13.0. The first-order chi connectivity index (χ1) is 11.7. The van der Waals surface area contributed by atoms with Crippen molar-refractivity contribution in [1.29, 1.82) is 0 Å². The first-order valence-corrected chi connectivity index (χ1v) is 9.41. The zero-order valence-electron chi connectivity index (χ0n) is 14.1. The summed E-state index contributed by atoms with van der Waals surface area (Å²) >= 11 is 0. The predicted octanol–water partition coefficient (Wildman–Crippen LogP) is 4.24. The van der Waals surface area contributed by atoms with Gasteiger partial charge in [0.25, 0.3) is 6.43 Å². The third-order valence-electron chi connectivity index (χ3n) is 3.03. The second-order valence-corrected chi connectivity index (χ2v) is 7.02. The van der Waals surface area contributed by atoms with E-state index < -0.39 is 37.4 Å². The van der Waals surface area contributed by atoms with Gasteiger partial charge in [0.2, 0.25) is 5.91 Å². The van der Waals surface area contributed by atoms with Crippen LogP contribution in [0.3, 0.4) is 0 Å². The van der Waals surface area contributed by atoms with Crippen molar-refractivity contribution in [2.75, 3.05) is 24.7 Å². The van der Waals surface area contributed by atoms with Crippen molar-refractivity contribution in [3.8, 4) is 0 Å². The number of alkyl halides is 2. The van der Waals surface area contributed by atoms with Crippen LogP contribution < -0.4 is 5.32 Å². The average molecular weight is 376 g/mol. The Labute approximate surface area is 145 Å². The van der Waals surface area contributed by atoms with Gasteiger partial charge in [0.1, 0.15) is 6.16 Å². The molecule has 1 amide bonds. The van der Waals surface area contributed by atoms with Crippen LogP contribution >= 0.6 is 7.60 Å². The minimum atomic E-state index is -3.62. The fourth-order valence-electron chi connectivity index (χ4n) is 2.05. The largest absolute Gasteiger partial charge is 0.340 e. The molecule has 0 atom stereocenters. The Balaban J connectivity index is 3.00. The molecule has 0 aliphatic rings. The Morgan fingerprint density at radius 3 is 2.28 bits per heavy atom. The van der Waals surface area contributed by atoms with Gasteiger partial charge in [-0.05, 0) is 39.0 Å². The van der Waals surface area contributed by atoms with Crippen LogP contribution in [0, 0.1) is 6.92 Å². The summed E-state index contributed by atoms with van der Waals surface area (Å²) in [6.07, 6.45) is -3.48. The van der Waals surface area contributed by atoms with E-state index in [-0.39, 0.29) is 30.9 Å². The van der Waals surface area contributed by atoms with Gasteiger partial charge in [-0.25, -0.2) is 8.78 Å². The Morgan fingerprint density at radius 2 is 1.80 bits per heavy atom. The lowest BCUT2D eigenvalue weighted by Crippen LogP contribution is -2.18. The molecule has 0 aromatic heterocycles. The third kappa shape index (κ3) is 6.65. The molecule has 0 saturated carbocycles. The molecule has 0 saturated heterocycles. The second-order valence-electron chi connectivity index (χ2n) is 4.97. The number of benzene rings is 1. The first-order valence-electron chi connectivity index (χ1n) is 7.68. The van der Waals surface area contributed by atoms with Crippen molar-refractivity contribution < 1.29 is 32.0 Å². The summed E-state index contributed by atoms with van der Waals surface area (Å²) in [5.74, 6) is -1.17. The smallest absolute Gasteiger partial charge is 0.326 e. The molecular formula is C16H21F2NO5P. The molecule has 1 N–H and O–H groups in total. The maximum atomic E-state index is 13.0. The van der Waals surface area contributed by atoms with Gasteiger partial charge in [-0.3, -0.25) is 14.2 Å². The van der Waals surface area contributed by atoms with E-state index in [1.165, 1.54) is 6.07 Å². The molecule has 1 rings (SSSR count). The molecule has 9 heteroatoms. The first kappa shape index (κ1) is 21.4. The monoisotopic (exact) mass is 376 g/mol. The Kier molecular flexibility index (Phi) is 8.35. The number of carbonyl (C=O) groups is 2. The lowest BCUT2D eigenvalue weighted by atomic mass is 10.0. The van der Waals surface area contributed by atoms with Crippen LogP contribution in [0.1, 0.15) is 42.6 Å². The van der Waals surface area contributed by atoms with Crippen LogP contribution in [0.25, 0.3) is 0 Å². The number of Topliss-reactive ketones (excluding diaryl/α,β-unsaturated/α-hetero) is 1. The highest BCUT2D eigenvalue weighted by Gasteiger charge is 2.28. The van der Waals surface area contributed by atoms with Crippen molar-refractivity contribution >= 4 is 25.0 Å². The number of anilines is 1. The molecule has 0 unspecified atom stereocenters. The number of hydrogen-bond acceptors (Lipinski definition) is 5. The summed E-state index contributed by atoms with van der Waals surface area (Å²) in [6.45, 7) is 6.81. The number of amides is 1. The van der Waals surface area contributed by atoms with E-state index in [0.29, 0.717) is 0 Å². The van der Waals surface area contributed by atoms with Gasteiger partial charge < -0.3 is 14.4 Å². The minimum Gasteiger partial charge on any atom is -0.326 e. The van der Waals surface area contributed by atoms with Crippen molar-refractivity contribution in [2.24, 2.45) is 0 Å². The summed E-state index contributed by atoms with van der Waals surface area (Å²) in [6, 6.07) is 3.37. The molecule has 25 heavy (non-hydrogen) atoms. The highest BCUT2D eigenvalue weighted by Crippen LogP contribution is 2.47. The number of rotatable bonds is 10. The standard InChI is InChI=1S/C16H21F2NO5P/c1-4-14(20)11-7-12(16(17)18)9-13(8-11)19-15(21)10-25(22,23-5-2)24-6-3/h7-9,16H,1,4-6,10H2,2-3H3,(H,19,21). The van der Waals surface area contributed by atoms with Crippen LogP contribution in [0.5, 0.6) is 0 Å². The number of halogens is 2. The van der Waals surface area contributed by atoms with Crippen LogP contribution in [0.4, 0.5) is 14.5 Å². The SMILES string of the molecule is [CH2]CC(=O)c1cc(NC(=O)CP(=O)(OCC)OCC)cc(C(F)F)c1. The Hall–Kier alpha value is -1.63. The number of nitrogens with one attached hydrogen (secondary N) is 1. The van der Waals surface area contributed by atoms with Gasteiger partial charge in [0, 0.05) is 23.2 Å². The van der Waals surface area contributed by atoms with E-state index in [2.05, 4.69) is 12.2 Å². The van der Waals surface area contributed by atoms with Crippen LogP contribution in [0.15, 0.2) is 18.2 Å². The van der Waals surface area contributed by atoms with E-state index in [9.17, 15) is 22.9 Å². The van der Waals surface area contributed by atoms with Gasteiger partial charge in [-0.15, -0.1) is 0 Å². The molecule has 1 radical (unpaired) electrons. The average Bonchev–Trinajstić information content (AvgIpc) is 2.53. The highest BCUT2D eigenvalue weighted by atomic mass is 31.2. The molecule has 139 valence electrons. The van der Waals surface area contributed by atoms with E-state index in [1.54, 1.807) is 13.8 Å². The third-order valence-corrected chi connectivity index (χ3v) is 5.01. The maximum Gasteiger partial charge on any atom is 0.340 e. The Bertz CT molecular complexity index is 656. The lowest BCUT2D eigenvalue weighted by molar-refractivity contribution is -0.114. The number of ketones is 1. The highest BCUT2D eigenvalue weighted by molar-refractivity contribution is 7.54. The molecule has 0 aliphatic heterocycles. The van der Waals surface area contributed by atoms with E-state index in [4.69, 9.17) is 9.05 Å². The number of hydrogen-bond donors (Lipinski definition) is 1. The molecule has 1 aromatic rings. The molecule has 1 aromatic carbocycles. The van der Waals surface area contributed by atoms with E-state index in [0.717, 1.165) is 12.1 Å². The minimum absolute atomic E-state index is 0.000790. The summed E-state index contributed by atoms with van der Waals surface area (Å²) in [5.41, 5.74) is -0.396. The lowest BCUT2D eigenvalue weighted by Gasteiger charge is -2.17. The molecule has 0 bridgehead atoms. The van der Waals surface area contributed by atoms with E-state index in [1.807, 2.05) is 0 Å². The zero-order chi connectivity index (χ0) is 19.0. The van der Waals surface area contributed by atoms with Crippen molar-refractivity contribution in [1.82, 2.24) is 0 Å². The zero-order valence-corrected chi connectivity index (χ0v) is 15.0. The van der Waals surface area contributed by atoms with Crippen molar-refractivity contribution in [3.05, 3.63) is 36.2 Å². The van der Waals surface area contributed by atoms with Crippen molar-refractivity contribution in [2.45, 2.75) is 26.7 Å². The van der Waals surface area contributed by atoms with Gasteiger partial charge >= 0.3 is 7.60 Å². The molecule has 0 aliphatic carbocycles. The van der Waals surface area contributed by atoms with Gasteiger partial charge in [0.05, 0.1) is 13.2 Å². The molecule has 6 nitrogen and oxygen atoms in total. The van der Waals surface area contributed by atoms with Crippen LogP contribution in [0.2, 0.25) is 0 Å². The fraction of sp³-hybridized carbons (Fsp3) is 0.438. The molecule has 0 spiro atoms. The van der Waals surface area contributed by atoms with E-state index >= 15 is 0 Å². The molecule has 0 fully saturated rings. The van der Waals surface area contributed by atoms with Gasteiger partial charge in [-0.1, -0.05) is 0 Å². The number of carbonyl (C=O) groups excluding carboxylic acids is 2. The quantitative estimate of drug-likeness (QED) is 0.488. The topological polar surface area (TPSA) is 81.7 Å². The van der Waals surface area contributed by atoms with Crippen molar-refractivity contribution in [3.63, 3.8) is 0 Å². The van der Waals surface area contributed by atoms with Gasteiger partial charge in [-0.2, -0.15) is 0 Å². The summed E-state index contributed by atoms with van der Waals surface area (Å²) < 4.78 is 48.3. The van der Waals surface area contributed by atoms with Gasteiger partial charge in [0.15, 0.2) is 5.78 Å². The summed E-state index contributed by atoms with van der Waals surface area (Å²) in [4.78, 5) is 23.8. The molecular weight excluding hydrogens is 355 g/mol. The normalized spacial score (nSPS) is 11.6. The van der Waals surface area contributed by atoms with Crippen LogP contribution in [-0.4, -0.2) is 31.1 Å². The summed E-state index contributed by atoms with van der Waals surface area (Å²) in [7, 11) is -3.62. The van der Waals surface area contributed by atoms with Crippen LogP contribution in [-0.2, 0) is 18.4 Å². The molecule has 0 heterocycles.